The molecule has 0 radical (unpaired) electrons. The Hall–Kier alpha value is -3.24. The molecule has 2 N–H and O–H groups in total. The molecule has 1 saturated carbocycles. The second-order valence-corrected chi connectivity index (χ2v) is 8.70. The molecule has 2 amide bonds. The number of amides is 2. The Kier molecular flexibility index (Phi) is 5.74. The summed E-state index contributed by atoms with van der Waals surface area (Å²) in [7, 11) is 0. The third kappa shape index (κ3) is 4.11. The molecule has 2 fully saturated rings. The molecule has 2 unspecified atom stereocenters. The molecule has 1 saturated heterocycles. The van der Waals surface area contributed by atoms with Crippen LogP contribution in [0.3, 0.4) is 0 Å². The molecule has 9 nitrogen and oxygen atoms in total. The number of hydrogen-bond acceptors (Lipinski definition) is 5. The standard InChI is InChI=1S/C21H25F2N5O4/c1-11(2)8-27-19-12(3-6-16(29)26-9-14(22)15(23)10-26)7-24-28(19)21(32)17(20(27)31)18(30)25-13-4-5-13/h3,6-7,11,13-15,31H,4-5,8-10H2,1-2H3,(H,25,30)/b6-3+. The van der Waals surface area contributed by atoms with Gasteiger partial charge < -0.3 is 15.3 Å². The van der Waals surface area contributed by atoms with Crippen molar-refractivity contribution in [3.05, 3.63) is 33.8 Å². The Morgan fingerprint density at radius 1 is 1.28 bits per heavy atom. The summed E-state index contributed by atoms with van der Waals surface area (Å²) < 4.78 is 29.2. The van der Waals surface area contributed by atoms with Gasteiger partial charge in [0, 0.05) is 24.2 Å². The molecule has 1 aliphatic carbocycles. The lowest BCUT2D eigenvalue weighted by Gasteiger charge is -2.17. The summed E-state index contributed by atoms with van der Waals surface area (Å²) >= 11 is 0. The molecule has 32 heavy (non-hydrogen) atoms. The molecule has 2 aliphatic rings. The molecular weight excluding hydrogens is 424 g/mol. The zero-order valence-electron chi connectivity index (χ0n) is 17.8. The number of carbonyl (C=O) groups is 2. The molecule has 0 spiro atoms. The van der Waals surface area contributed by atoms with E-state index in [9.17, 15) is 28.3 Å². The van der Waals surface area contributed by atoms with E-state index in [-0.39, 0.29) is 42.8 Å². The van der Waals surface area contributed by atoms with Crippen molar-refractivity contribution in [3.8, 4) is 5.88 Å². The van der Waals surface area contributed by atoms with Crippen LogP contribution in [0.25, 0.3) is 11.7 Å². The third-order valence-electron chi connectivity index (χ3n) is 5.50. The first kappa shape index (κ1) is 22.0. The van der Waals surface area contributed by atoms with Crippen molar-refractivity contribution >= 4 is 23.5 Å². The van der Waals surface area contributed by atoms with Crippen LogP contribution in [0, 0.1) is 5.92 Å². The van der Waals surface area contributed by atoms with Crippen molar-refractivity contribution in [2.45, 2.75) is 51.6 Å². The van der Waals surface area contributed by atoms with E-state index in [0.29, 0.717) is 5.56 Å². The molecule has 2 aromatic heterocycles. The minimum atomic E-state index is -1.71. The first-order valence-electron chi connectivity index (χ1n) is 10.6. The fourth-order valence-electron chi connectivity index (χ4n) is 3.72. The Bertz CT molecular complexity index is 1140. The van der Waals surface area contributed by atoms with Crippen LogP contribution in [0.15, 0.2) is 17.1 Å². The van der Waals surface area contributed by atoms with E-state index in [0.717, 1.165) is 28.3 Å². The number of likely N-dealkylation sites (tertiary alicyclic amines) is 1. The zero-order chi connectivity index (χ0) is 23.2. The summed E-state index contributed by atoms with van der Waals surface area (Å²) in [5.74, 6) is -1.66. The van der Waals surface area contributed by atoms with Crippen LogP contribution < -0.4 is 10.9 Å². The van der Waals surface area contributed by atoms with Crippen LogP contribution in [0.4, 0.5) is 8.78 Å². The summed E-state index contributed by atoms with van der Waals surface area (Å²) in [4.78, 5) is 38.9. The minimum absolute atomic E-state index is 0.00361. The summed E-state index contributed by atoms with van der Waals surface area (Å²) in [6.45, 7) is 3.44. The number of aromatic hydroxyl groups is 1. The van der Waals surface area contributed by atoms with E-state index in [1.165, 1.54) is 16.8 Å². The van der Waals surface area contributed by atoms with E-state index in [1.54, 1.807) is 0 Å². The zero-order valence-corrected chi connectivity index (χ0v) is 17.8. The molecule has 0 aromatic carbocycles. The number of carbonyl (C=O) groups excluding carboxylic acids is 2. The first-order chi connectivity index (χ1) is 15.2. The third-order valence-corrected chi connectivity index (χ3v) is 5.50. The van der Waals surface area contributed by atoms with Crippen LogP contribution in [0.1, 0.15) is 42.6 Å². The van der Waals surface area contributed by atoms with Gasteiger partial charge in [0.05, 0.1) is 19.3 Å². The first-order valence-corrected chi connectivity index (χ1v) is 10.6. The minimum Gasteiger partial charge on any atom is -0.494 e. The van der Waals surface area contributed by atoms with Gasteiger partial charge in [0.2, 0.25) is 11.8 Å². The van der Waals surface area contributed by atoms with Gasteiger partial charge in [-0.3, -0.25) is 19.0 Å². The Morgan fingerprint density at radius 2 is 1.94 bits per heavy atom. The van der Waals surface area contributed by atoms with Crippen molar-refractivity contribution in [1.29, 1.82) is 0 Å². The Morgan fingerprint density at radius 3 is 2.53 bits per heavy atom. The second-order valence-electron chi connectivity index (χ2n) is 8.70. The van der Waals surface area contributed by atoms with Crippen LogP contribution >= 0.6 is 0 Å². The van der Waals surface area contributed by atoms with Gasteiger partial charge in [0.1, 0.15) is 5.65 Å². The average Bonchev–Trinajstić information content (AvgIpc) is 3.32. The SMILES string of the molecule is CC(C)Cn1c(O)c(C(=O)NC2CC2)c(=O)n2ncc(/C=C/C(=O)N3CC(F)C(F)C3)c12. The van der Waals surface area contributed by atoms with Crippen molar-refractivity contribution in [2.24, 2.45) is 5.92 Å². The normalized spacial score (nSPS) is 21.2. The maximum Gasteiger partial charge on any atom is 0.291 e. The highest BCUT2D eigenvalue weighted by Gasteiger charge is 2.35. The van der Waals surface area contributed by atoms with Crippen LogP contribution in [0.5, 0.6) is 5.88 Å². The Labute approximate surface area is 182 Å². The molecule has 3 heterocycles. The lowest BCUT2D eigenvalue weighted by atomic mass is 10.2. The molecule has 2 aromatic rings. The lowest BCUT2D eigenvalue weighted by Crippen LogP contribution is -2.34. The number of fused-ring (bicyclic) bond motifs is 1. The van der Waals surface area contributed by atoms with Gasteiger partial charge in [0.15, 0.2) is 17.9 Å². The van der Waals surface area contributed by atoms with Gasteiger partial charge in [-0.05, 0) is 24.8 Å². The number of aromatic nitrogens is 3. The maximum absolute atomic E-state index is 13.4. The molecule has 0 bridgehead atoms. The molecule has 4 rings (SSSR count). The predicted molar refractivity (Wildman–Crippen MR) is 112 cm³/mol. The van der Waals surface area contributed by atoms with E-state index >= 15 is 0 Å². The topological polar surface area (TPSA) is 109 Å². The molecule has 1 aliphatic heterocycles. The predicted octanol–water partition coefficient (Wildman–Crippen LogP) is 1.28. The largest absolute Gasteiger partial charge is 0.494 e. The maximum atomic E-state index is 13.4. The summed E-state index contributed by atoms with van der Waals surface area (Å²) in [5, 5.41) is 17.6. The smallest absolute Gasteiger partial charge is 0.291 e. The van der Waals surface area contributed by atoms with Gasteiger partial charge in [-0.2, -0.15) is 9.61 Å². The number of nitrogens with one attached hydrogen (secondary N) is 1. The highest BCUT2D eigenvalue weighted by atomic mass is 19.2. The monoisotopic (exact) mass is 449 g/mol. The number of nitrogens with zero attached hydrogens (tertiary/aromatic N) is 4. The fourth-order valence-corrected chi connectivity index (χ4v) is 3.72. The van der Waals surface area contributed by atoms with Crippen molar-refractivity contribution in [3.63, 3.8) is 0 Å². The van der Waals surface area contributed by atoms with Gasteiger partial charge in [-0.15, -0.1) is 0 Å². The number of alkyl halides is 2. The number of halogens is 2. The molecule has 2 atom stereocenters. The van der Waals surface area contributed by atoms with Gasteiger partial charge in [-0.25, -0.2) is 8.78 Å². The highest BCUT2D eigenvalue weighted by molar-refractivity contribution is 5.97. The van der Waals surface area contributed by atoms with Crippen molar-refractivity contribution in [1.82, 2.24) is 24.4 Å². The fraction of sp³-hybridized carbons (Fsp3) is 0.524. The average molecular weight is 449 g/mol. The van der Waals surface area contributed by atoms with Gasteiger partial charge in [0.25, 0.3) is 11.5 Å². The van der Waals surface area contributed by atoms with Gasteiger partial charge in [-0.1, -0.05) is 13.8 Å². The number of rotatable bonds is 6. The van der Waals surface area contributed by atoms with E-state index in [1.807, 2.05) is 13.8 Å². The second kappa shape index (κ2) is 8.36. The van der Waals surface area contributed by atoms with Crippen molar-refractivity contribution < 1.29 is 23.5 Å². The van der Waals surface area contributed by atoms with Gasteiger partial charge >= 0.3 is 0 Å². The molecule has 172 valence electrons. The van der Waals surface area contributed by atoms with Crippen molar-refractivity contribution in [2.75, 3.05) is 13.1 Å². The van der Waals surface area contributed by atoms with Crippen LogP contribution in [-0.2, 0) is 11.3 Å². The quantitative estimate of drug-likeness (QED) is 0.646. The Balaban J connectivity index is 1.74. The van der Waals surface area contributed by atoms with Crippen LogP contribution in [0.2, 0.25) is 0 Å². The highest BCUT2D eigenvalue weighted by Crippen LogP contribution is 2.25. The molecular formula is C21H25F2N5O4. The van der Waals surface area contributed by atoms with Crippen LogP contribution in [-0.4, -0.2) is 67.5 Å². The van der Waals surface area contributed by atoms with E-state index in [2.05, 4.69) is 10.4 Å². The summed E-state index contributed by atoms with van der Waals surface area (Å²) in [6.07, 6.45) is 2.08. The van der Waals surface area contributed by atoms with E-state index < -0.39 is 35.6 Å². The lowest BCUT2D eigenvalue weighted by molar-refractivity contribution is -0.125. The summed E-state index contributed by atoms with van der Waals surface area (Å²) in [5.41, 5.74) is -0.615. The van der Waals surface area contributed by atoms with E-state index in [4.69, 9.17) is 0 Å². The number of hydrogen-bond donors (Lipinski definition) is 2. The summed E-state index contributed by atoms with van der Waals surface area (Å²) in [6, 6.07) is -0.00361. The molecule has 11 heteroatoms.